The maximum atomic E-state index is 13.7. The van der Waals surface area contributed by atoms with Gasteiger partial charge in [-0.15, -0.1) is 0 Å². The standard InChI is InChI=1S/C28H28O6/c1-4-28(2,3)27(31)34-24-19-13-18-20(26(30)33-23(18)24)21(19)25(29)32-22-16-11-7-5-9-14(16)15-10-6-8-12-17(15)22/h5-12,18-24H,4,13H2,1-3H3. The topological polar surface area (TPSA) is 78.9 Å². The molecule has 2 aromatic rings. The van der Waals surface area contributed by atoms with Crippen LogP contribution in [0.15, 0.2) is 48.5 Å². The maximum absolute atomic E-state index is 13.7. The van der Waals surface area contributed by atoms with Gasteiger partial charge in [-0.1, -0.05) is 55.5 Å². The first-order valence-electron chi connectivity index (χ1n) is 12.1. The van der Waals surface area contributed by atoms with Crippen molar-refractivity contribution in [3.8, 4) is 11.1 Å². The molecule has 0 N–H and O–H groups in total. The summed E-state index contributed by atoms with van der Waals surface area (Å²) in [5, 5.41) is 0. The Morgan fingerprint density at radius 2 is 1.59 bits per heavy atom. The molecule has 3 aliphatic carbocycles. The molecule has 2 bridgehead atoms. The van der Waals surface area contributed by atoms with Gasteiger partial charge in [0.05, 0.1) is 17.3 Å². The molecule has 4 aliphatic rings. The van der Waals surface area contributed by atoms with Crippen molar-refractivity contribution in [2.45, 2.75) is 51.9 Å². The lowest BCUT2D eigenvalue weighted by molar-refractivity contribution is -0.174. The van der Waals surface area contributed by atoms with Gasteiger partial charge in [0.25, 0.3) is 0 Å². The van der Waals surface area contributed by atoms with Gasteiger partial charge in [0, 0.05) is 23.0 Å². The number of hydrogen-bond donors (Lipinski definition) is 0. The van der Waals surface area contributed by atoms with Crippen molar-refractivity contribution in [3.63, 3.8) is 0 Å². The zero-order chi connectivity index (χ0) is 23.8. The summed E-state index contributed by atoms with van der Waals surface area (Å²) in [4.78, 5) is 39.2. The maximum Gasteiger partial charge on any atom is 0.311 e. The third-order valence-corrected chi connectivity index (χ3v) is 8.51. The monoisotopic (exact) mass is 460 g/mol. The molecule has 6 atom stereocenters. The molecule has 176 valence electrons. The molecule has 6 heteroatoms. The quantitative estimate of drug-likeness (QED) is 0.484. The fraction of sp³-hybridized carbons (Fsp3) is 0.464. The van der Waals surface area contributed by atoms with Gasteiger partial charge >= 0.3 is 17.9 Å². The van der Waals surface area contributed by atoms with Crippen molar-refractivity contribution in [1.29, 1.82) is 0 Å². The Morgan fingerprint density at radius 1 is 0.971 bits per heavy atom. The Balaban J connectivity index is 1.29. The highest BCUT2D eigenvalue weighted by atomic mass is 16.6. The second kappa shape index (κ2) is 7.42. The number of carbonyl (C=O) groups is 3. The van der Waals surface area contributed by atoms with Crippen LogP contribution in [0.2, 0.25) is 0 Å². The molecule has 2 saturated carbocycles. The summed E-state index contributed by atoms with van der Waals surface area (Å²) in [5.41, 5.74) is 3.35. The summed E-state index contributed by atoms with van der Waals surface area (Å²) in [7, 11) is 0. The number of carbonyl (C=O) groups excluding carboxylic acids is 3. The van der Waals surface area contributed by atoms with Crippen LogP contribution in [0.25, 0.3) is 11.1 Å². The average Bonchev–Trinajstić information content (AvgIpc) is 3.53. The van der Waals surface area contributed by atoms with E-state index in [0.717, 1.165) is 22.3 Å². The van der Waals surface area contributed by atoms with Crippen LogP contribution in [0, 0.1) is 29.1 Å². The summed E-state index contributed by atoms with van der Waals surface area (Å²) in [5.74, 6) is -2.69. The molecule has 6 unspecified atom stereocenters. The minimum atomic E-state index is -0.668. The molecule has 0 radical (unpaired) electrons. The summed E-state index contributed by atoms with van der Waals surface area (Å²) in [6.45, 7) is 5.62. The highest BCUT2D eigenvalue weighted by Gasteiger charge is 2.70. The van der Waals surface area contributed by atoms with Gasteiger partial charge in [0.1, 0.15) is 12.2 Å². The van der Waals surface area contributed by atoms with E-state index < -0.39 is 41.5 Å². The number of benzene rings is 2. The number of esters is 3. The molecule has 1 heterocycles. The Labute approximate surface area is 198 Å². The van der Waals surface area contributed by atoms with Gasteiger partial charge in [0.2, 0.25) is 0 Å². The molecule has 3 fully saturated rings. The number of fused-ring (bicyclic) bond motifs is 4. The number of hydrogen-bond acceptors (Lipinski definition) is 6. The minimum absolute atomic E-state index is 0.110. The molecule has 1 saturated heterocycles. The van der Waals surface area contributed by atoms with Gasteiger partial charge in [0.15, 0.2) is 6.10 Å². The van der Waals surface area contributed by atoms with Crippen LogP contribution >= 0.6 is 0 Å². The van der Waals surface area contributed by atoms with Crippen molar-refractivity contribution in [3.05, 3.63) is 59.7 Å². The molecule has 1 aliphatic heterocycles. The molecule has 2 aromatic carbocycles. The molecule has 34 heavy (non-hydrogen) atoms. The van der Waals surface area contributed by atoms with Gasteiger partial charge < -0.3 is 14.2 Å². The van der Waals surface area contributed by atoms with E-state index in [-0.39, 0.29) is 23.8 Å². The SMILES string of the molecule is CCC(C)(C)C(=O)OC1C2CC3C1OC(=O)C3C2C(=O)OC1c2ccccc2-c2ccccc21. The van der Waals surface area contributed by atoms with Crippen LogP contribution in [0.4, 0.5) is 0 Å². The van der Waals surface area contributed by atoms with Crippen molar-refractivity contribution in [2.75, 3.05) is 0 Å². The van der Waals surface area contributed by atoms with E-state index >= 15 is 0 Å². The zero-order valence-corrected chi connectivity index (χ0v) is 19.5. The van der Waals surface area contributed by atoms with E-state index in [1.807, 2.05) is 69.3 Å². The van der Waals surface area contributed by atoms with Gasteiger partial charge in [-0.2, -0.15) is 0 Å². The van der Waals surface area contributed by atoms with Gasteiger partial charge in [-0.05, 0) is 37.8 Å². The average molecular weight is 461 g/mol. The van der Waals surface area contributed by atoms with Crippen molar-refractivity contribution in [2.24, 2.45) is 29.1 Å². The second-order valence-corrected chi connectivity index (χ2v) is 10.6. The molecule has 0 spiro atoms. The Morgan fingerprint density at radius 3 is 2.21 bits per heavy atom. The van der Waals surface area contributed by atoms with E-state index in [4.69, 9.17) is 14.2 Å². The Bertz CT molecular complexity index is 1150. The predicted molar refractivity (Wildman–Crippen MR) is 122 cm³/mol. The molecule has 6 nitrogen and oxygen atoms in total. The van der Waals surface area contributed by atoms with E-state index in [0.29, 0.717) is 12.8 Å². The van der Waals surface area contributed by atoms with Gasteiger partial charge in [-0.25, -0.2) is 0 Å². The second-order valence-electron chi connectivity index (χ2n) is 10.6. The number of rotatable bonds is 5. The third-order valence-electron chi connectivity index (χ3n) is 8.51. The summed E-state index contributed by atoms with van der Waals surface area (Å²) >= 11 is 0. The van der Waals surface area contributed by atoms with Crippen LogP contribution in [-0.2, 0) is 28.6 Å². The molecule has 0 aromatic heterocycles. The Kier molecular flexibility index (Phi) is 4.67. The van der Waals surface area contributed by atoms with E-state index in [1.54, 1.807) is 0 Å². The summed E-state index contributed by atoms with van der Waals surface area (Å²) < 4.78 is 17.7. The Hall–Kier alpha value is -3.15. The lowest BCUT2D eigenvalue weighted by Crippen LogP contribution is -2.45. The van der Waals surface area contributed by atoms with Crippen LogP contribution < -0.4 is 0 Å². The highest BCUT2D eigenvalue weighted by molar-refractivity contribution is 5.87. The van der Waals surface area contributed by atoms with Crippen LogP contribution in [0.5, 0.6) is 0 Å². The van der Waals surface area contributed by atoms with E-state index in [1.165, 1.54) is 0 Å². The van der Waals surface area contributed by atoms with Crippen LogP contribution in [-0.4, -0.2) is 30.1 Å². The van der Waals surface area contributed by atoms with E-state index in [2.05, 4.69) is 0 Å². The smallest absolute Gasteiger partial charge is 0.311 e. The predicted octanol–water partition coefficient (Wildman–Crippen LogP) is 4.46. The van der Waals surface area contributed by atoms with Gasteiger partial charge in [-0.3, -0.25) is 14.4 Å². The molecular formula is C28H28O6. The fourth-order valence-corrected chi connectivity index (χ4v) is 6.33. The van der Waals surface area contributed by atoms with Crippen LogP contribution in [0.3, 0.4) is 0 Å². The summed E-state index contributed by atoms with van der Waals surface area (Å²) in [6, 6.07) is 15.8. The first-order valence-corrected chi connectivity index (χ1v) is 12.1. The molecule has 0 amide bonds. The van der Waals surface area contributed by atoms with Crippen LogP contribution in [0.1, 0.15) is 50.8 Å². The van der Waals surface area contributed by atoms with Crippen molar-refractivity contribution in [1.82, 2.24) is 0 Å². The van der Waals surface area contributed by atoms with Crippen molar-refractivity contribution >= 4 is 17.9 Å². The lowest BCUT2D eigenvalue weighted by Gasteiger charge is -2.33. The zero-order valence-electron chi connectivity index (χ0n) is 19.5. The summed E-state index contributed by atoms with van der Waals surface area (Å²) in [6.07, 6.45) is -0.329. The highest BCUT2D eigenvalue weighted by Crippen LogP contribution is 2.59. The third kappa shape index (κ3) is 2.90. The normalized spacial score (nSPS) is 30.6. The minimum Gasteiger partial charge on any atom is -0.458 e. The molecule has 6 rings (SSSR count). The largest absolute Gasteiger partial charge is 0.458 e. The van der Waals surface area contributed by atoms with Crippen molar-refractivity contribution < 1.29 is 28.6 Å². The number of ether oxygens (including phenoxy) is 3. The fourth-order valence-electron chi connectivity index (χ4n) is 6.33. The lowest BCUT2D eigenvalue weighted by atomic mass is 9.78. The first-order chi connectivity index (χ1) is 16.3. The molecular weight excluding hydrogens is 432 g/mol. The van der Waals surface area contributed by atoms with E-state index in [9.17, 15) is 14.4 Å². The first kappa shape index (κ1) is 21.4.